The standard InChI is InChI=1S/C18H17FN2O3/c1-11(20-17(22)8-12-3-2-4-14(19)7-12)13-5-6-16-15(9-13)21-18(23)10-24-16/h2-7,9,11H,8,10H2,1H3,(H,20,22)(H,21,23). The number of anilines is 1. The van der Waals surface area contributed by atoms with Gasteiger partial charge < -0.3 is 15.4 Å². The van der Waals surface area contributed by atoms with Gasteiger partial charge in [-0.2, -0.15) is 0 Å². The Bertz CT molecular complexity index is 792. The fourth-order valence-electron chi connectivity index (χ4n) is 2.58. The molecule has 1 aliphatic heterocycles. The smallest absolute Gasteiger partial charge is 0.262 e. The average molecular weight is 328 g/mol. The van der Waals surface area contributed by atoms with Gasteiger partial charge in [-0.3, -0.25) is 9.59 Å². The number of hydrogen-bond donors (Lipinski definition) is 2. The zero-order valence-electron chi connectivity index (χ0n) is 13.1. The first-order chi connectivity index (χ1) is 11.5. The number of nitrogens with one attached hydrogen (secondary N) is 2. The van der Waals surface area contributed by atoms with E-state index >= 15 is 0 Å². The predicted octanol–water partition coefficient (Wildman–Crippen LogP) is 2.58. The second-order valence-electron chi connectivity index (χ2n) is 5.69. The van der Waals surface area contributed by atoms with E-state index < -0.39 is 0 Å². The van der Waals surface area contributed by atoms with E-state index in [4.69, 9.17) is 4.74 Å². The van der Waals surface area contributed by atoms with Crippen molar-refractivity contribution in [2.75, 3.05) is 11.9 Å². The molecule has 2 amide bonds. The van der Waals surface area contributed by atoms with Crippen LogP contribution in [0.4, 0.5) is 10.1 Å². The third-order valence-electron chi connectivity index (χ3n) is 3.77. The number of carbonyl (C=O) groups is 2. The van der Waals surface area contributed by atoms with Crippen LogP contribution in [0.25, 0.3) is 0 Å². The molecule has 0 aromatic heterocycles. The topological polar surface area (TPSA) is 67.4 Å². The Kier molecular flexibility index (Phi) is 4.46. The first-order valence-electron chi connectivity index (χ1n) is 7.61. The van der Waals surface area contributed by atoms with Crippen molar-refractivity contribution in [2.24, 2.45) is 0 Å². The zero-order valence-corrected chi connectivity index (χ0v) is 13.1. The van der Waals surface area contributed by atoms with Gasteiger partial charge in [-0.15, -0.1) is 0 Å². The van der Waals surface area contributed by atoms with Crippen LogP contribution < -0.4 is 15.4 Å². The molecule has 0 spiro atoms. The van der Waals surface area contributed by atoms with Gasteiger partial charge in [0, 0.05) is 0 Å². The van der Waals surface area contributed by atoms with Gasteiger partial charge in [0.15, 0.2) is 6.61 Å². The van der Waals surface area contributed by atoms with Crippen LogP contribution in [0, 0.1) is 5.82 Å². The van der Waals surface area contributed by atoms with Crippen molar-refractivity contribution < 1.29 is 18.7 Å². The maximum atomic E-state index is 13.2. The lowest BCUT2D eigenvalue weighted by atomic mass is 10.1. The zero-order chi connectivity index (χ0) is 17.1. The third-order valence-corrected chi connectivity index (χ3v) is 3.77. The molecule has 6 heteroatoms. The van der Waals surface area contributed by atoms with E-state index in [-0.39, 0.29) is 36.7 Å². The Hall–Kier alpha value is -2.89. The van der Waals surface area contributed by atoms with Gasteiger partial charge in [-0.1, -0.05) is 18.2 Å². The maximum absolute atomic E-state index is 13.2. The summed E-state index contributed by atoms with van der Waals surface area (Å²) in [4.78, 5) is 23.5. The summed E-state index contributed by atoms with van der Waals surface area (Å²) < 4.78 is 18.5. The molecule has 0 aliphatic carbocycles. The molecule has 1 heterocycles. The van der Waals surface area contributed by atoms with Crippen molar-refractivity contribution in [3.05, 3.63) is 59.4 Å². The number of benzene rings is 2. The van der Waals surface area contributed by atoms with Gasteiger partial charge >= 0.3 is 0 Å². The Morgan fingerprint density at radius 1 is 1.33 bits per heavy atom. The van der Waals surface area contributed by atoms with Gasteiger partial charge in [-0.25, -0.2) is 4.39 Å². The SMILES string of the molecule is CC(NC(=O)Cc1cccc(F)c1)c1ccc2c(c1)NC(=O)CO2. The van der Waals surface area contributed by atoms with E-state index in [1.54, 1.807) is 24.3 Å². The highest BCUT2D eigenvalue weighted by molar-refractivity contribution is 5.95. The molecule has 0 bridgehead atoms. The van der Waals surface area contributed by atoms with Crippen molar-refractivity contribution >= 4 is 17.5 Å². The predicted molar refractivity (Wildman–Crippen MR) is 87.2 cm³/mol. The number of halogens is 1. The summed E-state index contributed by atoms with van der Waals surface area (Å²) in [5.74, 6) is -0.163. The number of ether oxygens (including phenoxy) is 1. The lowest BCUT2D eigenvalue weighted by Crippen LogP contribution is -2.29. The molecule has 1 unspecified atom stereocenters. The number of amides is 2. The molecule has 124 valence electrons. The van der Waals surface area contributed by atoms with Crippen LogP contribution in [-0.4, -0.2) is 18.4 Å². The van der Waals surface area contributed by atoms with E-state index in [1.165, 1.54) is 12.1 Å². The van der Waals surface area contributed by atoms with E-state index in [1.807, 2.05) is 13.0 Å². The fraction of sp³-hybridized carbons (Fsp3) is 0.222. The second kappa shape index (κ2) is 6.70. The lowest BCUT2D eigenvalue weighted by molar-refractivity contribution is -0.121. The minimum absolute atomic E-state index is 0.00622. The summed E-state index contributed by atoms with van der Waals surface area (Å²) in [5, 5.41) is 5.60. The van der Waals surface area contributed by atoms with Crippen molar-refractivity contribution in [3.63, 3.8) is 0 Å². The Labute approximate surface area is 138 Å². The molecule has 0 saturated carbocycles. The molecular weight excluding hydrogens is 311 g/mol. The third kappa shape index (κ3) is 3.71. The number of hydrogen-bond acceptors (Lipinski definition) is 3. The second-order valence-corrected chi connectivity index (χ2v) is 5.69. The largest absolute Gasteiger partial charge is 0.482 e. The van der Waals surface area contributed by atoms with Crippen molar-refractivity contribution in [1.29, 1.82) is 0 Å². The molecule has 2 aromatic rings. The first kappa shape index (κ1) is 16.0. The Balaban J connectivity index is 1.66. The Morgan fingerprint density at radius 3 is 2.96 bits per heavy atom. The van der Waals surface area contributed by atoms with Crippen LogP contribution in [0.1, 0.15) is 24.1 Å². The molecular formula is C18H17FN2O3. The molecule has 0 fully saturated rings. The molecule has 24 heavy (non-hydrogen) atoms. The molecule has 5 nitrogen and oxygen atoms in total. The highest BCUT2D eigenvalue weighted by Crippen LogP contribution is 2.30. The van der Waals surface area contributed by atoms with Crippen molar-refractivity contribution in [3.8, 4) is 5.75 Å². The fourth-order valence-corrected chi connectivity index (χ4v) is 2.58. The summed E-state index contributed by atoms with van der Waals surface area (Å²) in [6.45, 7) is 1.85. The number of rotatable bonds is 4. The average Bonchev–Trinajstić information content (AvgIpc) is 2.54. The van der Waals surface area contributed by atoms with Crippen LogP contribution >= 0.6 is 0 Å². The van der Waals surface area contributed by atoms with Crippen LogP contribution in [0.3, 0.4) is 0 Å². The van der Waals surface area contributed by atoms with Crippen LogP contribution in [0.2, 0.25) is 0 Å². The van der Waals surface area contributed by atoms with Crippen LogP contribution in [0.5, 0.6) is 5.75 Å². The molecule has 1 atom stereocenters. The van der Waals surface area contributed by atoms with Gasteiger partial charge in [0.2, 0.25) is 5.91 Å². The van der Waals surface area contributed by atoms with Gasteiger partial charge in [-0.05, 0) is 42.3 Å². The van der Waals surface area contributed by atoms with E-state index in [0.29, 0.717) is 17.0 Å². The molecule has 2 aromatic carbocycles. The van der Waals surface area contributed by atoms with Crippen molar-refractivity contribution in [1.82, 2.24) is 5.32 Å². The lowest BCUT2D eigenvalue weighted by Gasteiger charge is -2.21. The normalized spacial score (nSPS) is 14.2. The maximum Gasteiger partial charge on any atom is 0.262 e. The summed E-state index contributed by atoms with van der Waals surface area (Å²) in [6, 6.07) is 11.1. The van der Waals surface area contributed by atoms with Gasteiger partial charge in [0.05, 0.1) is 18.2 Å². The first-order valence-corrected chi connectivity index (χ1v) is 7.61. The number of fused-ring (bicyclic) bond motifs is 1. The van der Waals surface area contributed by atoms with E-state index in [0.717, 1.165) is 5.56 Å². The quantitative estimate of drug-likeness (QED) is 0.906. The molecule has 3 rings (SSSR count). The highest BCUT2D eigenvalue weighted by atomic mass is 19.1. The van der Waals surface area contributed by atoms with Gasteiger partial charge in [0.25, 0.3) is 5.91 Å². The van der Waals surface area contributed by atoms with E-state index in [9.17, 15) is 14.0 Å². The van der Waals surface area contributed by atoms with Gasteiger partial charge in [0.1, 0.15) is 11.6 Å². The summed E-state index contributed by atoms with van der Waals surface area (Å²) in [5.41, 5.74) is 2.05. The summed E-state index contributed by atoms with van der Waals surface area (Å²) in [7, 11) is 0. The minimum Gasteiger partial charge on any atom is -0.482 e. The molecule has 2 N–H and O–H groups in total. The van der Waals surface area contributed by atoms with E-state index in [2.05, 4.69) is 10.6 Å². The summed E-state index contributed by atoms with van der Waals surface area (Å²) >= 11 is 0. The van der Waals surface area contributed by atoms with Crippen molar-refractivity contribution in [2.45, 2.75) is 19.4 Å². The Morgan fingerprint density at radius 2 is 2.17 bits per heavy atom. The van der Waals surface area contributed by atoms with Crippen LogP contribution in [0.15, 0.2) is 42.5 Å². The number of carbonyl (C=O) groups excluding carboxylic acids is 2. The monoisotopic (exact) mass is 328 g/mol. The minimum atomic E-state index is -0.362. The molecule has 1 aliphatic rings. The van der Waals surface area contributed by atoms with Crippen LogP contribution in [-0.2, 0) is 16.0 Å². The summed E-state index contributed by atoms with van der Waals surface area (Å²) in [6.07, 6.45) is 0.104. The molecule has 0 saturated heterocycles. The molecule has 0 radical (unpaired) electrons. The highest BCUT2D eigenvalue weighted by Gasteiger charge is 2.18.